The van der Waals surface area contributed by atoms with Crippen LogP contribution in [0.1, 0.15) is 16.8 Å². The molecule has 8 heteroatoms. The summed E-state index contributed by atoms with van der Waals surface area (Å²) in [4.78, 5) is 23.4. The average molecular weight is 382 g/mol. The number of ether oxygens (including phenoxy) is 1. The van der Waals surface area contributed by atoms with Gasteiger partial charge in [0.2, 0.25) is 0 Å². The van der Waals surface area contributed by atoms with Gasteiger partial charge >= 0.3 is 5.97 Å². The Bertz CT molecular complexity index is 798. The zero-order chi connectivity index (χ0) is 18.4. The normalized spacial score (nSPS) is 10.9. The Morgan fingerprint density at radius 3 is 2.56 bits per heavy atom. The van der Waals surface area contributed by atoms with Gasteiger partial charge in [-0.25, -0.2) is 4.79 Å². The van der Waals surface area contributed by atoms with E-state index in [4.69, 9.17) is 27.9 Å². The molecule has 1 amide bonds. The molecule has 0 saturated carbocycles. The lowest BCUT2D eigenvalue weighted by atomic mass is 10.2. The maximum absolute atomic E-state index is 11.7. The summed E-state index contributed by atoms with van der Waals surface area (Å²) >= 11 is 11.8. The topological polar surface area (TPSA) is 73.2 Å². The molecule has 0 saturated heterocycles. The third-order valence-corrected chi connectivity index (χ3v) is 4.03. The van der Waals surface area contributed by atoms with Crippen LogP contribution in [0.5, 0.6) is 0 Å². The average Bonchev–Trinajstić information content (AvgIpc) is 2.83. The first-order chi connectivity index (χ1) is 11.9. The number of nitrogens with one attached hydrogen (secondary N) is 1. The van der Waals surface area contributed by atoms with Crippen molar-refractivity contribution in [2.24, 2.45) is 7.05 Å². The summed E-state index contributed by atoms with van der Waals surface area (Å²) < 4.78 is 6.40. The molecule has 1 heterocycles. The number of esters is 1. The molecule has 1 aromatic carbocycles. The van der Waals surface area contributed by atoms with Crippen molar-refractivity contribution in [1.29, 1.82) is 0 Å². The van der Waals surface area contributed by atoms with E-state index in [1.807, 2.05) is 0 Å². The van der Waals surface area contributed by atoms with E-state index in [2.05, 4.69) is 10.4 Å². The van der Waals surface area contributed by atoms with Gasteiger partial charge in [-0.05, 0) is 30.7 Å². The van der Waals surface area contributed by atoms with Gasteiger partial charge in [0, 0.05) is 30.3 Å². The van der Waals surface area contributed by atoms with E-state index in [1.54, 1.807) is 38.2 Å². The van der Waals surface area contributed by atoms with Gasteiger partial charge in [0.1, 0.15) is 5.15 Å². The second-order valence-corrected chi connectivity index (χ2v) is 6.05. The van der Waals surface area contributed by atoms with E-state index in [1.165, 1.54) is 16.8 Å². The Morgan fingerprint density at radius 2 is 1.96 bits per heavy atom. The number of hydrogen-bond acceptors (Lipinski definition) is 4. The molecule has 2 aromatic rings. The fourth-order valence-electron chi connectivity index (χ4n) is 2.03. The predicted molar refractivity (Wildman–Crippen MR) is 96.2 cm³/mol. The third kappa shape index (κ3) is 5.62. The van der Waals surface area contributed by atoms with Crippen molar-refractivity contribution in [2.75, 3.05) is 6.61 Å². The molecule has 1 N–H and O–H groups in total. The van der Waals surface area contributed by atoms with E-state index in [-0.39, 0.29) is 6.61 Å². The highest BCUT2D eigenvalue weighted by Gasteiger charge is 2.09. The van der Waals surface area contributed by atoms with E-state index < -0.39 is 11.9 Å². The van der Waals surface area contributed by atoms with Crippen LogP contribution >= 0.6 is 23.2 Å². The smallest absolute Gasteiger partial charge is 0.331 e. The van der Waals surface area contributed by atoms with Crippen LogP contribution in [0, 0.1) is 6.92 Å². The van der Waals surface area contributed by atoms with Gasteiger partial charge in [-0.2, -0.15) is 5.10 Å². The zero-order valence-electron chi connectivity index (χ0n) is 13.8. The molecule has 0 unspecified atom stereocenters. The van der Waals surface area contributed by atoms with Crippen molar-refractivity contribution in [3.05, 3.63) is 57.3 Å². The standard InChI is InChI=1S/C17H17Cl2N3O3/c1-11-14(17(19)22(2)21-11)7-8-16(24)25-10-15(23)20-9-12-3-5-13(18)6-4-12/h3-8H,9-10H2,1-2H3,(H,20,23)/b8-7+. The number of benzene rings is 1. The second kappa shape index (κ2) is 8.69. The highest BCUT2D eigenvalue weighted by atomic mass is 35.5. The number of amides is 1. The third-order valence-electron chi connectivity index (χ3n) is 3.33. The summed E-state index contributed by atoms with van der Waals surface area (Å²) in [6, 6.07) is 7.08. The van der Waals surface area contributed by atoms with Crippen LogP contribution in [0.3, 0.4) is 0 Å². The molecule has 0 spiro atoms. The first kappa shape index (κ1) is 19.0. The zero-order valence-corrected chi connectivity index (χ0v) is 15.3. The monoisotopic (exact) mass is 381 g/mol. The minimum Gasteiger partial charge on any atom is -0.452 e. The van der Waals surface area contributed by atoms with E-state index in [0.29, 0.717) is 28.0 Å². The highest BCUT2D eigenvalue weighted by Crippen LogP contribution is 2.19. The van der Waals surface area contributed by atoms with E-state index >= 15 is 0 Å². The number of carbonyl (C=O) groups is 2. The fraction of sp³-hybridized carbons (Fsp3) is 0.235. The van der Waals surface area contributed by atoms with E-state index in [0.717, 1.165) is 5.56 Å². The molecule has 0 atom stereocenters. The number of hydrogen-bond donors (Lipinski definition) is 1. The molecule has 25 heavy (non-hydrogen) atoms. The Hall–Kier alpha value is -2.31. The molecule has 132 valence electrons. The number of rotatable bonds is 6. The first-order valence-electron chi connectivity index (χ1n) is 7.42. The van der Waals surface area contributed by atoms with E-state index in [9.17, 15) is 9.59 Å². The maximum Gasteiger partial charge on any atom is 0.331 e. The molecule has 2 rings (SSSR count). The number of halogens is 2. The highest BCUT2D eigenvalue weighted by molar-refractivity contribution is 6.31. The SMILES string of the molecule is Cc1nn(C)c(Cl)c1/C=C/C(=O)OCC(=O)NCc1ccc(Cl)cc1. The minimum atomic E-state index is -0.638. The van der Waals surface area contributed by atoms with Crippen LogP contribution in [0.25, 0.3) is 6.08 Å². The molecular formula is C17H17Cl2N3O3. The van der Waals surface area contributed by atoms with Crippen molar-refractivity contribution < 1.29 is 14.3 Å². The number of carbonyl (C=O) groups excluding carboxylic acids is 2. The van der Waals surface area contributed by atoms with Crippen LogP contribution in [0.15, 0.2) is 30.3 Å². The van der Waals surface area contributed by atoms with Gasteiger partial charge in [-0.15, -0.1) is 0 Å². The molecule has 6 nitrogen and oxygen atoms in total. The molecular weight excluding hydrogens is 365 g/mol. The Morgan fingerprint density at radius 1 is 1.28 bits per heavy atom. The van der Waals surface area contributed by atoms with Crippen molar-refractivity contribution in [2.45, 2.75) is 13.5 Å². The molecule has 1 aromatic heterocycles. The quantitative estimate of drug-likeness (QED) is 0.616. The molecule has 0 aliphatic carbocycles. The van der Waals surface area contributed by atoms with Crippen LogP contribution < -0.4 is 5.32 Å². The second-order valence-electron chi connectivity index (χ2n) is 5.26. The summed E-state index contributed by atoms with van der Waals surface area (Å²) in [7, 11) is 1.70. The molecule has 0 aliphatic rings. The molecule has 0 aliphatic heterocycles. The number of nitrogens with zero attached hydrogens (tertiary/aromatic N) is 2. The van der Waals surface area contributed by atoms with Crippen molar-refractivity contribution in [1.82, 2.24) is 15.1 Å². The van der Waals surface area contributed by atoms with Crippen molar-refractivity contribution >= 4 is 41.2 Å². The lowest BCUT2D eigenvalue weighted by molar-refractivity contribution is -0.143. The summed E-state index contributed by atoms with van der Waals surface area (Å²) in [6.45, 7) is 1.74. The summed E-state index contributed by atoms with van der Waals surface area (Å²) in [5.74, 6) is -1.03. The molecule has 0 radical (unpaired) electrons. The predicted octanol–water partition coefficient (Wildman–Crippen LogP) is 2.91. The summed E-state index contributed by atoms with van der Waals surface area (Å²) in [5, 5.41) is 7.83. The van der Waals surface area contributed by atoms with Crippen LogP contribution in [0.4, 0.5) is 0 Å². The molecule has 0 bridgehead atoms. The summed E-state index contributed by atoms with van der Waals surface area (Å²) in [5.41, 5.74) is 2.22. The summed E-state index contributed by atoms with van der Waals surface area (Å²) in [6.07, 6.45) is 2.72. The van der Waals surface area contributed by atoms with Gasteiger partial charge in [-0.3, -0.25) is 9.48 Å². The van der Waals surface area contributed by atoms with Gasteiger partial charge in [0.15, 0.2) is 6.61 Å². The molecule has 0 fully saturated rings. The minimum absolute atomic E-state index is 0.327. The van der Waals surface area contributed by atoms with Crippen molar-refractivity contribution in [3.63, 3.8) is 0 Å². The lowest BCUT2D eigenvalue weighted by Gasteiger charge is -2.05. The lowest BCUT2D eigenvalue weighted by Crippen LogP contribution is -2.28. The van der Waals surface area contributed by atoms with Crippen molar-refractivity contribution in [3.8, 4) is 0 Å². The number of aryl methyl sites for hydroxylation is 2. The Balaban J connectivity index is 1.78. The number of aromatic nitrogens is 2. The van der Waals surface area contributed by atoms with Crippen LogP contribution in [0.2, 0.25) is 10.2 Å². The van der Waals surface area contributed by atoms with Crippen LogP contribution in [-0.2, 0) is 27.9 Å². The first-order valence-corrected chi connectivity index (χ1v) is 8.17. The Labute approximate surface area is 155 Å². The maximum atomic E-state index is 11.7. The van der Waals surface area contributed by atoms with Gasteiger partial charge in [-0.1, -0.05) is 35.3 Å². The van der Waals surface area contributed by atoms with Gasteiger partial charge < -0.3 is 10.1 Å². The van der Waals surface area contributed by atoms with Gasteiger partial charge in [0.25, 0.3) is 5.91 Å². The fourth-order valence-corrected chi connectivity index (χ4v) is 2.39. The largest absolute Gasteiger partial charge is 0.452 e. The van der Waals surface area contributed by atoms with Crippen LogP contribution in [-0.4, -0.2) is 28.3 Å². The van der Waals surface area contributed by atoms with Gasteiger partial charge in [0.05, 0.1) is 5.69 Å². The Kier molecular flexibility index (Phi) is 6.61.